The van der Waals surface area contributed by atoms with Crippen molar-refractivity contribution in [1.82, 2.24) is 30.3 Å². The molecule has 0 spiro atoms. The molecule has 0 fully saturated rings. The van der Waals surface area contributed by atoms with Crippen molar-refractivity contribution in [2.75, 3.05) is 11.9 Å². The number of carbonyl (C=O) groups excluding carboxylic acids is 2. The van der Waals surface area contributed by atoms with Crippen LogP contribution in [0.5, 0.6) is 5.75 Å². The lowest BCUT2D eigenvalue weighted by Gasteiger charge is -2.16. The standard InChI is InChI=1S/C25H29F4N9O3/c1-16-5-6-18(11-32-16)12-33-24(40)21(30)14-37(31)8-7-19(26)13-38-15-22(35-36-38)34-23(39)10-17-3-2-4-20(9-17)41-25(27,28)29/h2-6,9,11,14-15,19H,7-8,10,12-13,30-31H2,1H3,(H,33,40)(H,34,39)/b21-14-. The Kier molecular flexibility index (Phi) is 10.6. The van der Waals surface area contributed by atoms with Gasteiger partial charge in [0.05, 0.1) is 19.2 Å². The molecule has 0 bridgehead atoms. The lowest BCUT2D eigenvalue weighted by molar-refractivity contribution is -0.274. The number of aryl methyl sites for hydroxylation is 1. The van der Waals surface area contributed by atoms with Crippen LogP contribution >= 0.6 is 0 Å². The normalized spacial score (nSPS) is 12.5. The predicted molar refractivity (Wildman–Crippen MR) is 139 cm³/mol. The minimum Gasteiger partial charge on any atom is -0.406 e. The Morgan fingerprint density at radius 2 is 2.00 bits per heavy atom. The maximum atomic E-state index is 14.5. The molecule has 1 aromatic carbocycles. The molecule has 2 aromatic heterocycles. The van der Waals surface area contributed by atoms with Gasteiger partial charge in [-0.1, -0.05) is 23.4 Å². The van der Waals surface area contributed by atoms with Crippen LogP contribution in [0.1, 0.15) is 23.2 Å². The first-order valence-corrected chi connectivity index (χ1v) is 12.2. The van der Waals surface area contributed by atoms with Crippen molar-refractivity contribution in [3.63, 3.8) is 0 Å². The molecule has 0 aliphatic rings. The van der Waals surface area contributed by atoms with E-state index < -0.39 is 30.1 Å². The number of hydrogen-bond acceptors (Lipinski definition) is 9. The van der Waals surface area contributed by atoms with Crippen LogP contribution in [0.4, 0.5) is 23.4 Å². The molecule has 0 aliphatic heterocycles. The third kappa shape index (κ3) is 11.1. The number of pyridine rings is 1. The van der Waals surface area contributed by atoms with Crippen LogP contribution in [-0.2, 0) is 29.1 Å². The van der Waals surface area contributed by atoms with E-state index in [-0.39, 0.29) is 49.6 Å². The van der Waals surface area contributed by atoms with E-state index in [0.717, 1.165) is 28.4 Å². The topological polar surface area (TPSA) is 166 Å². The zero-order chi connectivity index (χ0) is 30.0. The molecule has 12 nitrogen and oxygen atoms in total. The molecule has 3 aromatic rings. The maximum absolute atomic E-state index is 14.5. The summed E-state index contributed by atoms with van der Waals surface area (Å²) < 4.78 is 56.7. The third-order valence-corrected chi connectivity index (χ3v) is 5.38. The number of ether oxygens (including phenoxy) is 1. The van der Waals surface area contributed by atoms with Crippen LogP contribution in [-0.4, -0.2) is 55.9 Å². The van der Waals surface area contributed by atoms with Crippen molar-refractivity contribution in [2.24, 2.45) is 11.6 Å². The number of amides is 2. The highest BCUT2D eigenvalue weighted by atomic mass is 19.4. The average molecular weight is 580 g/mol. The van der Waals surface area contributed by atoms with Crippen LogP contribution in [0, 0.1) is 6.92 Å². The van der Waals surface area contributed by atoms with Gasteiger partial charge in [-0.25, -0.2) is 14.9 Å². The number of aromatic nitrogens is 4. The van der Waals surface area contributed by atoms with Gasteiger partial charge in [-0.05, 0) is 42.7 Å². The SMILES string of the molecule is Cc1ccc(CNC(=O)/C(N)=C/N(N)CCC(F)Cn2cc(NC(=O)Cc3cccc(OC(F)(F)F)c3)nn2)cn1. The fraction of sp³-hybridized carbons (Fsp3) is 0.320. The molecule has 1 atom stereocenters. The minimum absolute atomic E-state index is 0.0329. The van der Waals surface area contributed by atoms with Gasteiger partial charge in [-0.15, -0.1) is 18.3 Å². The van der Waals surface area contributed by atoms with Gasteiger partial charge in [0.2, 0.25) is 5.91 Å². The lowest BCUT2D eigenvalue weighted by atomic mass is 10.1. The third-order valence-electron chi connectivity index (χ3n) is 5.38. The van der Waals surface area contributed by atoms with Gasteiger partial charge in [0.25, 0.3) is 5.91 Å². The number of hydrogen-bond donors (Lipinski definition) is 4. The number of alkyl halides is 4. The summed E-state index contributed by atoms with van der Waals surface area (Å²) in [4.78, 5) is 28.6. The number of nitrogens with one attached hydrogen (secondary N) is 2. The first kappa shape index (κ1) is 30.8. The highest BCUT2D eigenvalue weighted by molar-refractivity contribution is 5.92. The summed E-state index contributed by atoms with van der Waals surface area (Å²) >= 11 is 0. The van der Waals surface area contributed by atoms with Gasteiger partial charge in [-0.2, -0.15) is 0 Å². The summed E-state index contributed by atoms with van der Waals surface area (Å²) in [6.45, 7) is 1.91. The average Bonchev–Trinajstić information content (AvgIpc) is 3.32. The van der Waals surface area contributed by atoms with Crippen molar-refractivity contribution in [3.05, 3.63) is 77.5 Å². The molecular formula is C25H29F4N9O3. The van der Waals surface area contributed by atoms with E-state index in [2.05, 4.69) is 30.7 Å². The molecule has 41 heavy (non-hydrogen) atoms. The summed E-state index contributed by atoms with van der Waals surface area (Å²) in [5, 5.41) is 13.7. The summed E-state index contributed by atoms with van der Waals surface area (Å²) in [6.07, 6.45) is -2.40. The smallest absolute Gasteiger partial charge is 0.406 e. The first-order valence-electron chi connectivity index (χ1n) is 12.2. The molecule has 0 aliphatic carbocycles. The van der Waals surface area contributed by atoms with Crippen LogP contribution in [0.2, 0.25) is 0 Å². The molecule has 1 unspecified atom stereocenters. The molecular weight excluding hydrogens is 550 g/mol. The highest BCUT2D eigenvalue weighted by Gasteiger charge is 2.31. The maximum Gasteiger partial charge on any atom is 0.573 e. The Morgan fingerprint density at radius 1 is 1.22 bits per heavy atom. The van der Waals surface area contributed by atoms with E-state index in [4.69, 9.17) is 11.6 Å². The van der Waals surface area contributed by atoms with Crippen molar-refractivity contribution >= 4 is 17.6 Å². The van der Waals surface area contributed by atoms with E-state index >= 15 is 0 Å². The molecule has 2 heterocycles. The largest absolute Gasteiger partial charge is 0.573 e. The molecule has 2 amide bonds. The Morgan fingerprint density at radius 3 is 2.71 bits per heavy atom. The van der Waals surface area contributed by atoms with Gasteiger partial charge >= 0.3 is 6.36 Å². The Labute approximate surface area is 232 Å². The molecule has 0 radical (unpaired) electrons. The lowest BCUT2D eigenvalue weighted by Crippen LogP contribution is -2.34. The van der Waals surface area contributed by atoms with Gasteiger partial charge in [0.15, 0.2) is 5.82 Å². The van der Waals surface area contributed by atoms with Gasteiger partial charge in [-0.3, -0.25) is 14.6 Å². The number of nitrogens with two attached hydrogens (primary N) is 2. The summed E-state index contributed by atoms with van der Waals surface area (Å²) in [6, 6.07) is 8.64. The molecule has 6 N–H and O–H groups in total. The van der Waals surface area contributed by atoms with Gasteiger partial charge < -0.3 is 26.1 Å². The highest BCUT2D eigenvalue weighted by Crippen LogP contribution is 2.23. The summed E-state index contributed by atoms with van der Waals surface area (Å²) in [5.74, 6) is 4.29. The number of rotatable bonds is 13. The second-order valence-electron chi connectivity index (χ2n) is 8.94. The van der Waals surface area contributed by atoms with Gasteiger partial charge in [0.1, 0.15) is 17.6 Å². The van der Waals surface area contributed by atoms with Crippen LogP contribution < -0.4 is 26.9 Å². The van der Waals surface area contributed by atoms with Crippen molar-refractivity contribution in [2.45, 2.75) is 45.4 Å². The molecule has 3 rings (SSSR count). The molecule has 0 saturated heterocycles. The van der Waals surface area contributed by atoms with Crippen molar-refractivity contribution in [3.8, 4) is 5.75 Å². The number of halogens is 4. The molecule has 16 heteroatoms. The van der Waals surface area contributed by atoms with Crippen LogP contribution in [0.25, 0.3) is 0 Å². The van der Waals surface area contributed by atoms with E-state index in [9.17, 15) is 27.2 Å². The monoisotopic (exact) mass is 579 g/mol. The fourth-order valence-corrected chi connectivity index (χ4v) is 3.44. The zero-order valence-corrected chi connectivity index (χ0v) is 21.9. The van der Waals surface area contributed by atoms with E-state index in [1.54, 1.807) is 6.20 Å². The number of anilines is 1. The van der Waals surface area contributed by atoms with Crippen LogP contribution in [0.3, 0.4) is 0 Å². The number of nitrogens with zero attached hydrogens (tertiary/aromatic N) is 5. The number of carbonyl (C=O) groups is 2. The second-order valence-corrected chi connectivity index (χ2v) is 8.94. The summed E-state index contributed by atoms with van der Waals surface area (Å²) in [5.41, 5.74) is 7.54. The quantitative estimate of drug-likeness (QED) is 0.103. The number of benzene rings is 1. The molecule has 220 valence electrons. The summed E-state index contributed by atoms with van der Waals surface area (Å²) in [7, 11) is 0. The number of hydrazine groups is 1. The first-order chi connectivity index (χ1) is 19.4. The van der Waals surface area contributed by atoms with Gasteiger partial charge in [0, 0.05) is 31.2 Å². The fourth-order valence-electron chi connectivity index (χ4n) is 3.44. The minimum atomic E-state index is -4.85. The van der Waals surface area contributed by atoms with E-state index in [1.165, 1.54) is 29.2 Å². The van der Waals surface area contributed by atoms with E-state index in [1.807, 2.05) is 19.1 Å². The molecule has 0 saturated carbocycles. The Balaban J connectivity index is 1.40. The zero-order valence-electron chi connectivity index (χ0n) is 21.9. The van der Waals surface area contributed by atoms with Crippen molar-refractivity contribution < 1.29 is 31.9 Å². The second kappa shape index (κ2) is 14.1. The van der Waals surface area contributed by atoms with E-state index in [0.29, 0.717) is 0 Å². The Bertz CT molecular complexity index is 1350. The predicted octanol–water partition coefficient (Wildman–Crippen LogP) is 2.08. The Hall–Kier alpha value is -4.73. The van der Waals surface area contributed by atoms with Crippen molar-refractivity contribution in [1.29, 1.82) is 0 Å². The van der Waals surface area contributed by atoms with Crippen LogP contribution in [0.15, 0.2) is 60.7 Å².